The predicted molar refractivity (Wildman–Crippen MR) is 119 cm³/mol. The zero-order valence-corrected chi connectivity index (χ0v) is 17.9. The van der Waals surface area contributed by atoms with Crippen LogP contribution in [0.5, 0.6) is 5.75 Å². The summed E-state index contributed by atoms with van der Waals surface area (Å²) in [6.45, 7) is 8.61. The van der Waals surface area contributed by atoms with Crippen LogP contribution < -0.4 is 10.2 Å². The number of carbonyl (C=O) groups is 1. The molecule has 160 valence electrons. The Kier molecular flexibility index (Phi) is 5.65. The lowest BCUT2D eigenvalue weighted by atomic mass is 9.97. The zero-order chi connectivity index (χ0) is 22.1. The maximum Gasteiger partial charge on any atom is 0.290 e. The first-order valence-electron chi connectivity index (χ1n) is 10.2. The van der Waals surface area contributed by atoms with Gasteiger partial charge in [0, 0.05) is 13.7 Å². The smallest absolute Gasteiger partial charge is 0.290 e. The summed E-state index contributed by atoms with van der Waals surface area (Å²) >= 11 is 0. The third kappa shape index (κ3) is 3.64. The Hall–Kier alpha value is -3.38. The molecule has 1 amide bonds. The molecule has 0 saturated heterocycles. The van der Waals surface area contributed by atoms with Gasteiger partial charge in [0.2, 0.25) is 5.76 Å². The Labute approximate surface area is 180 Å². The molecule has 1 aliphatic rings. The van der Waals surface area contributed by atoms with Gasteiger partial charge in [0.1, 0.15) is 17.9 Å². The van der Waals surface area contributed by atoms with Gasteiger partial charge in [-0.05, 0) is 54.8 Å². The molecule has 4 rings (SSSR count). The molecule has 0 saturated carbocycles. The van der Waals surface area contributed by atoms with Gasteiger partial charge in [-0.1, -0.05) is 24.8 Å². The lowest BCUT2D eigenvalue weighted by molar-refractivity contribution is 0.0663. The van der Waals surface area contributed by atoms with Crippen LogP contribution in [0.3, 0.4) is 0 Å². The fraction of sp³-hybridized carbons (Fsp3) is 0.280. The summed E-state index contributed by atoms with van der Waals surface area (Å²) in [6, 6.07) is 10.5. The summed E-state index contributed by atoms with van der Waals surface area (Å²) in [5.41, 5.74) is 3.38. The van der Waals surface area contributed by atoms with Crippen LogP contribution in [0.1, 0.15) is 38.9 Å². The number of hydrogen-bond acceptors (Lipinski definition) is 5. The molecule has 31 heavy (non-hydrogen) atoms. The second-order valence-corrected chi connectivity index (χ2v) is 7.67. The number of rotatable bonds is 7. The van der Waals surface area contributed by atoms with E-state index < -0.39 is 6.04 Å². The van der Waals surface area contributed by atoms with Crippen LogP contribution in [-0.2, 0) is 4.74 Å². The Morgan fingerprint density at radius 1 is 1.16 bits per heavy atom. The largest absolute Gasteiger partial charge is 0.490 e. The first-order valence-corrected chi connectivity index (χ1v) is 10.2. The molecule has 6 heteroatoms. The molecule has 2 aromatic carbocycles. The summed E-state index contributed by atoms with van der Waals surface area (Å²) in [5, 5.41) is 0.479. The van der Waals surface area contributed by atoms with E-state index in [0.717, 1.165) is 16.7 Å². The number of nitrogens with zero attached hydrogens (tertiary/aromatic N) is 1. The molecule has 0 spiro atoms. The van der Waals surface area contributed by atoms with Crippen LogP contribution in [0.4, 0.5) is 0 Å². The first-order chi connectivity index (χ1) is 15.0. The van der Waals surface area contributed by atoms with E-state index in [1.165, 1.54) is 0 Å². The van der Waals surface area contributed by atoms with Crippen molar-refractivity contribution in [1.82, 2.24) is 4.90 Å². The molecule has 0 bridgehead atoms. The zero-order valence-electron chi connectivity index (χ0n) is 17.9. The molecule has 1 aromatic heterocycles. The number of aryl methyl sites for hydroxylation is 2. The van der Waals surface area contributed by atoms with E-state index in [0.29, 0.717) is 42.0 Å². The highest BCUT2D eigenvalue weighted by atomic mass is 16.5. The summed E-state index contributed by atoms with van der Waals surface area (Å²) in [5.74, 6) is 0.424. The average Bonchev–Trinajstić information content (AvgIpc) is 3.04. The number of fused-ring (bicyclic) bond motifs is 2. The predicted octanol–water partition coefficient (Wildman–Crippen LogP) is 4.17. The number of hydrogen-bond donors (Lipinski definition) is 0. The molecule has 0 radical (unpaired) electrons. The second-order valence-electron chi connectivity index (χ2n) is 7.67. The summed E-state index contributed by atoms with van der Waals surface area (Å²) in [6.07, 6.45) is 1.66. The van der Waals surface area contributed by atoms with Gasteiger partial charge >= 0.3 is 0 Å². The van der Waals surface area contributed by atoms with Crippen LogP contribution in [0.2, 0.25) is 0 Å². The lowest BCUT2D eigenvalue weighted by Gasteiger charge is -2.25. The van der Waals surface area contributed by atoms with Gasteiger partial charge in [-0.3, -0.25) is 9.59 Å². The van der Waals surface area contributed by atoms with E-state index in [1.807, 2.05) is 50.2 Å². The molecule has 3 aromatic rings. The van der Waals surface area contributed by atoms with E-state index in [9.17, 15) is 9.59 Å². The van der Waals surface area contributed by atoms with E-state index in [2.05, 4.69) is 6.58 Å². The first kappa shape index (κ1) is 20.9. The average molecular weight is 419 g/mol. The van der Waals surface area contributed by atoms with Gasteiger partial charge in [0.15, 0.2) is 5.43 Å². The highest BCUT2D eigenvalue weighted by Crippen LogP contribution is 2.39. The standard InChI is InChI=1S/C25H25NO5/c1-5-10-30-18-8-6-7-17(14-18)22-21-23(27)19-12-15(2)16(3)13-20(19)31-24(21)25(28)26(22)9-11-29-4/h5-8,12-14,22H,1,9-11H2,2-4H3. The van der Waals surface area contributed by atoms with E-state index in [-0.39, 0.29) is 17.1 Å². The number of methoxy groups -OCH3 is 1. The molecule has 6 nitrogen and oxygen atoms in total. The van der Waals surface area contributed by atoms with Gasteiger partial charge in [-0.15, -0.1) is 0 Å². The van der Waals surface area contributed by atoms with Crippen LogP contribution in [0.25, 0.3) is 11.0 Å². The number of carbonyl (C=O) groups excluding carboxylic acids is 1. The Morgan fingerprint density at radius 2 is 1.94 bits per heavy atom. The maximum absolute atomic E-state index is 13.6. The van der Waals surface area contributed by atoms with Crippen molar-refractivity contribution in [2.45, 2.75) is 19.9 Å². The second kappa shape index (κ2) is 8.40. The van der Waals surface area contributed by atoms with E-state index in [1.54, 1.807) is 18.1 Å². The van der Waals surface area contributed by atoms with Crippen molar-refractivity contribution >= 4 is 16.9 Å². The minimum atomic E-state index is -0.577. The summed E-state index contributed by atoms with van der Waals surface area (Å²) < 4.78 is 16.9. The lowest BCUT2D eigenvalue weighted by Crippen LogP contribution is -2.32. The Balaban J connectivity index is 1.92. The monoisotopic (exact) mass is 419 g/mol. The summed E-state index contributed by atoms with van der Waals surface area (Å²) in [4.78, 5) is 28.5. The van der Waals surface area contributed by atoms with Crippen molar-refractivity contribution in [2.75, 3.05) is 26.9 Å². The third-order valence-electron chi connectivity index (χ3n) is 5.66. The van der Waals surface area contributed by atoms with Crippen molar-refractivity contribution in [1.29, 1.82) is 0 Å². The van der Waals surface area contributed by atoms with Crippen LogP contribution in [0.15, 0.2) is 58.3 Å². The van der Waals surface area contributed by atoms with Gasteiger partial charge in [0.05, 0.1) is 23.6 Å². The van der Waals surface area contributed by atoms with Gasteiger partial charge < -0.3 is 18.8 Å². The molecule has 1 atom stereocenters. The topological polar surface area (TPSA) is 69.0 Å². The van der Waals surface area contributed by atoms with Gasteiger partial charge in [-0.2, -0.15) is 0 Å². The van der Waals surface area contributed by atoms with Crippen LogP contribution in [-0.4, -0.2) is 37.7 Å². The molecule has 0 aliphatic carbocycles. The number of benzene rings is 2. The number of amides is 1. The highest BCUT2D eigenvalue weighted by molar-refractivity contribution is 5.99. The van der Waals surface area contributed by atoms with Crippen molar-refractivity contribution in [3.8, 4) is 5.75 Å². The molecular formula is C25H25NO5. The van der Waals surface area contributed by atoms with Crippen molar-refractivity contribution < 1.29 is 18.7 Å². The fourth-order valence-corrected chi connectivity index (χ4v) is 3.97. The molecule has 0 fully saturated rings. The summed E-state index contributed by atoms with van der Waals surface area (Å²) in [7, 11) is 1.58. The van der Waals surface area contributed by atoms with Crippen molar-refractivity contribution in [2.24, 2.45) is 0 Å². The molecule has 2 heterocycles. The SMILES string of the molecule is C=CCOc1cccc(C2c3c(oc4cc(C)c(C)cc4c3=O)C(=O)N2CCOC)c1. The third-order valence-corrected chi connectivity index (χ3v) is 5.66. The highest BCUT2D eigenvalue weighted by Gasteiger charge is 2.42. The van der Waals surface area contributed by atoms with Crippen molar-refractivity contribution in [3.05, 3.63) is 87.3 Å². The minimum Gasteiger partial charge on any atom is -0.490 e. The maximum atomic E-state index is 13.6. The minimum absolute atomic E-state index is 0.0965. The van der Waals surface area contributed by atoms with Gasteiger partial charge in [-0.25, -0.2) is 0 Å². The quantitative estimate of drug-likeness (QED) is 0.538. The Morgan fingerprint density at radius 3 is 2.68 bits per heavy atom. The fourth-order valence-electron chi connectivity index (χ4n) is 3.97. The number of ether oxygens (including phenoxy) is 2. The van der Waals surface area contributed by atoms with Crippen molar-refractivity contribution in [3.63, 3.8) is 0 Å². The van der Waals surface area contributed by atoms with E-state index in [4.69, 9.17) is 13.9 Å². The molecular weight excluding hydrogens is 394 g/mol. The molecule has 0 N–H and O–H groups in total. The van der Waals surface area contributed by atoms with Gasteiger partial charge in [0.25, 0.3) is 5.91 Å². The normalized spacial score (nSPS) is 15.4. The van der Waals surface area contributed by atoms with Crippen LogP contribution >= 0.6 is 0 Å². The Bertz CT molecular complexity index is 1230. The van der Waals surface area contributed by atoms with E-state index >= 15 is 0 Å². The van der Waals surface area contributed by atoms with Crippen LogP contribution in [0, 0.1) is 13.8 Å². The molecule has 1 unspecified atom stereocenters. The molecule has 1 aliphatic heterocycles.